The van der Waals surface area contributed by atoms with Crippen molar-refractivity contribution in [2.45, 2.75) is 26.8 Å². The van der Waals surface area contributed by atoms with Gasteiger partial charge in [0.05, 0.1) is 5.69 Å². The molecular weight excluding hydrogens is 216 g/mol. The van der Waals surface area contributed by atoms with Crippen LogP contribution in [0.2, 0.25) is 0 Å². The molecule has 0 aliphatic rings. The Morgan fingerprint density at radius 2 is 2.20 bits per heavy atom. The third-order valence-electron chi connectivity index (χ3n) is 1.95. The summed E-state index contributed by atoms with van der Waals surface area (Å²) in [5.41, 5.74) is 2.04. The zero-order valence-electron chi connectivity index (χ0n) is 8.90. The summed E-state index contributed by atoms with van der Waals surface area (Å²) in [5, 5.41) is 9.04. The molecule has 0 unspecified atom stereocenters. The van der Waals surface area contributed by atoms with Gasteiger partial charge in [-0.1, -0.05) is 0 Å². The molecule has 0 aliphatic heterocycles. The Kier molecular flexibility index (Phi) is 3.83. The zero-order valence-corrected chi connectivity index (χ0v) is 9.71. The van der Waals surface area contributed by atoms with Gasteiger partial charge in [0.15, 0.2) is 0 Å². The molecule has 1 heterocycles. The van der Waals surface area contributed by atoms with Gasteiger partial charge in [0, 0.05) is 18.8 Å². The van der Waals surface area contributed by atoms with Gasteiger partial charge in [-0.3, -0.25) is 4.68 Å². The van der Waals surface area contributed by atoms with E-state index in [2.05, 4.69) is 9.82 Å². The molecule has 0 saturated heterocycles. The molecular formula is C8H16N4O2S. The Balaban J connectivity index is 2.35. The lowest BCUT2D eigenvalue weighted by Crippen LogP contribution is -2.32. The average molecular weight is 232 g/mol. The van der Waals surface area contributed by atoms with E-state index >= 15 is 0 Å². The van der Waals surface area contributed by atoms with E-state index in [4.69, 9.17) is 5.14 Å². The van der Waals surface area contributed by atoms with Crippen LogP contribution in [0.15, 0.2) is 6.07 Å². The van der Waals surface area contributed by atoms with Crippen molar-refractivity contribution in [3.8, 4) is 0 Å². The number of nitrogens with zero attached hydrogens (tertiary/aromatic N) is 2. The number of aromatic nitrogens is 2. The Hall–Kier alpha value is -0.920. The van der Waals surface area contributed by atoms with Gasteiger partial charge in [0.1, 0.15) is 0 Å². The molecule has 0 saturated carbocycles. The lowest BCUT2D eigenvalue weighted by Gasteiger charge is -2.04. The Bertz CT molecular complexity index is 424. The second-order valence-corrected chi connectivity index (χ2v) is 4.82. The summed E-state index contributed by atoms with van der Waals surface area (Å²) < 4.78 is 25.2. The highest BCUT2D eigenvalue weighted by atomic mass is 32.2. The van der Waals surface area contributed by atoms with Crippen molar-refractivity contribution in [1.29, 1.82) is 0 Å². The van der Waals surface area contributed by atoms with Gasteiger partial charge in [0.2, 0.25) is 0 Å². The summed E-state index contributed by atoms with van der Waals surface area (Å²) in [4.78, 5) is 0. The SMILES string of the molecule is Cc1cc(C)n(CCCNS(N)(=O)=O)n1. The van der Waals surface area contributed by atoms with Crippen molar-refractivity contribution >= 4 is 10.2 Å². The minimum absolute atomic E-state index is 0.331. The van der Waals surface area contributed by atoms with Crippen LogP contribution in [0, 0.1) is 13.8 Å². The fraction of sp³-hybridized carbons (Fsp3) is 0.625. The van der Waals surface area contributed by atoms with Crippen molar-refractivity contribution < 1.29 is 8.42 Å². The van der Waals surface area contributed by atoms with Crippen LogP contribution in [0.5, 0.6) is 0 Å². The van der Waals surface area contributed by atoms with E-state index in [1.165, 1.54) is 0 Å². The molecule has 6 nitrogen and oxygen atoms in total. The molecule has 0 bridgehead atoms. The smallest absolute Gasteiger partial charge is 0.270 e. The Morgan fingerprint density at radius 3 is 2.67 bits per heavy atom. The van der Waals surface area contributed by atoms with Crippen molar-refractivity contribution in [3.05, 3.63) is 17.5 Å². The first kappa shape index (κ1) is 12.2. The maximum Gasteiger partial charge on any atom is 0.274 e. The molecule has 0 amide bonds. The van der Waals surface area contributed by atoms with Crippen molar-refractivity contribution in [2.24, 2.45) is 5.14 Å². The molecule has 7 heteroatoms. The molecule has 1 aromatic rings. The Labute approximate surface area is 89.6 Å². The van der Waals surface area contributed by atoms with Crippen LogP contribution in [0.4, 0.5) is 0 Å². The number of hydrogen-bond acceptors (Lipinski definition) is 3. The van der Waals surface area contributed by atoms with E-state index in [1.54, 1.807) is 0 Å². The van der Waals surface area contributed by atoms with Crippen LogP contribution in [-0.2, 0) is 16.8 Å². The average Bonchev–Trinajstić information content (AvgIpc) is 2.37. The van der Waals surface area contributed by atoms with Crippen molar-refractivity contribution in [1.82, 2.24) is 14.5 Å². The third-order valence-corrected chi connectivity index (χ3v) is 2.56. The normalized spacial score (nSPS) is 11.9. The molecule has 86 valence electrons. The Morgan fingerprint density at radius 1 is 1.53 bits per heavy atom. The molecule has 3 N–H and O–H groups in total. The summed E-state index contributed by atoms with van der Waals surface area (Å²) in [6, 6.07) is 1.98. The maximum atomic E-state index is 10.6. The van der Waals surface area contributed by atoms with Gasteiger partial charge < -0.3 is 0 Å². The first-order valence-electron chi connectivity index (χ1n) is 4.67. The number of nitrogens with two attached hydrogens (primary N) is 1. The van der Waals surface area contributed by atoms with E-state index in [0.29, 0.717) is 19.5 Å². The van der Waals surface area contributed by atoms with Gasteiger partial charge in [-0.2, -0.15) is 13.5 Å². The summed E-state index contributed by atoms with van der Waals surface area (Å²) in [7, 11) is -3.56. The van der Waals surface area contributed by atoms with Gasteiger partial charge in [-0.25, -0.2) is 9.86 Å². The van der Waals surface area contributed by atoms with Crippen molar-refractivity contribution in [3.63, 3.8) is 0 Å². The van der Waals surface area contributed by atoms with E-state index in [1.807, 2.05) is 24.6 Å². The molecule has 0 aromatic carbocycles. The molecule has 1 rings (SSSR count). The van der Waals surface area contributed by atoms with Crippen LogP contribution >= 0.6 is 0 Å². The van der Waals surface area contributed by atoms with E-state index in [0.717, 1.165) is 11.4 Å². The van der Waals surface area contributed by atoms with Crippen LogP contribution in [0.25, 0.3) is 0 Å². The highest BCUT2D eigenvalue weighted by molar-refractivity contribution is 7.87. The summed E-state index contributed by atoms with van der Waals surface area (Å²) >= 11 is 0. The highest BCUT2D eigenvalue weighted by Crippen LogP contribution is 2.02. The standard InChI is InChI=1S/C8H16N4O2S/c1-7-6-8(2)12(11-7)5-3-4-10-15(9,13)14/h6,10H,3-5H2,1-2H3,(H2,9,13,14). The van der Waals surface area contributed by atoms with E-state index < -0.39 is 10.2 Å². The van der Waals surface area contributed by atoms with E-state index in [9.17, 15) is 8.42 Å². The summed E-state index contributed by atoms with van der Waals surface area (Å²) in [6.07, 6.45) is 0.665. The molecule has 1 aromatic heterocycles. The minimum atomic E-state index is -3.56. The minimum Gasteiger partial charge on any atom is -0.270 e. The second-order valence-electron chi connectivity index (χ2n) is 3.44. The molecule has 0 aliphatic carbocycles. The molecule has 0 fully saturated rings. The van der Waals surface area contributed by atoms with Gasteiger partial charge in [-0.05, 0) is 26.3 Å². The fourth-order valence-corrected chi connectivity index (χ4v) is 1.77. The second kappa shape index (κ2) is 4.73. The lowest BCUT2D eigenvalue weighted by molar-refractivity contribution is 0.545. The highest BCUT2D eigenvalue weighted by Gasteiger charge is 2.02. The quantitative estimate of drug-likeness (QED) is 0.682. The largest absolute Gasteiger partial charge is 0.274 e. The zero-order chi connectivity index (χ0) is 11.5. The molecule has 0 spiro atoms. The first-order valence-corrected chi connectivity index (χ1v) is 6.21. The summed E-state index contributed by atoms with van der Waals surface area (Å²) in [6.45, 7) is 4.90. The molecule has 0 atom stereocenters. The number of nitrogens with one attached hydrogen (secondary N) is 1. The van der Waals surface area contributed by atoms with Crippen LogP contribution in [0.3, 0.4) is 0 Å². The van der Waals surface area contributed by atoms with Gasteiger partial charge in [0.25, 0.3) is 10.2 Å². The topological polar surface area (TPSA) is 90.0 Å². The monoisotopic (exact) mass is 232 g/mol. The fourth-order valence-electron chi connectivity index (χ4n) is 1.34. The van der Waals surface area contributed by atoms with Crippen LogP contribution in [-0.4, -0.2) is 24.7 Å². The summed E-state index contributed by atoms with van der Waals surface area (Å²) in [5.74, 6) is 0. The van der Waals surface area contributed by atoms with E-state index in [-0.39, 0.29) is 0 Å². The molecule has 15 heavy (non-hydrogen) atoms. The van der Waals surface area contributed by atoms with Crippen molar-refractivity contribution in [2.75, 3.05) is 6.54 Å². The predicted octanol–water partition coefficient (Wildman–Crippen LogP) is -0.317. The van der Waals surface area contributed by atoms with Crippen LogP contribution < -0.4 is 9.86 Å². The number of aryl methyl sites for hydroxylation is 3. The predicted molar refractivity (Wildman–Crippen MR) is 57.4 cm³/mol. The number of rotatable bonds is 5. The lowest BCUT2D eigenvalue weighted by atomic mass is 10.4. The number of hydrogen-bond donors (Lipinski definition) is 2. The maximum absolute atomic E-state index is 10.6. The first-order chi connectivity index (χ1) is 6.88. The van der Waals surface area contributed by atoms with Gasteiger partial charge >= 0.3 is 0 Å². The van der Waals surface area contributed by atoms with Crippen LogP contribution in [0.1, 0.15) is 17.8 Å². The third kappa shape index (κ3) is 4.41. The molecule has 0 radical (unpaired) electrons. The van der Waals surface area contributed by atoms with Gasteiger partial charge in [-0.15, -0.1) is 0 Å².